The molecule has 1 unspecified atom stereocenters. The van der Waals surface area contributed by atoms with Crippen molar-refractivity contribution in [3.8, 4) is 0 Å². The summed E-state index contributed by atoms with van der Waals surface area (Å²) >= 11 is 1.96. The van der Waals surface area contributed by atoms with Crippen LogP contribution in [0.25, 0.3) is 0 Å². The molecule has 2 saturated carbocycles. The monoisotopic (exact) mass is 268 g/mol. The Hall–Kier alpha value is -0.220. The van der Waals surface area contributed by atoms with Gasteiger partial charge < -0.3 is 4.90 Å². The molecule has 0 aromatic heterocycles. The number of hydrogen-bond donors (Lipinski definition) is 1. The van der Waals surface area contributed by atoms with Gasteiger partial charge in [0.05, 0.1) is 11.7 Å². The van der Waals surface area contributed by atoms with Crippen molar-refractivity contribution in [3.05, 3.63) is 0 Å². The van der Waals surface area contributed by atoms with E-state index in [1.807, 2.05) is 11.8 Å². The molecule has 0 bridgehead atoms. The SMILES string of the molecule is CSC1(CN2C(=O)C3(CC3)NC2C(C)C)CCC1. The molecule has 1 saturated heterocycles. The van der Waals surface area contributed by atoms with Gasteiger partial charge in [0.25, 0.3) is 0 Å². The minimum atomic E-state index is -0.154. The van der Waals surface area contributed by atoms with E-state index >= 15 is 0 Å². The van der Waals surface area contributed by atoms with Crippen molar-refractivity contribution in [3.63, 3.8) is 0 Å². The molecule has 102 valence electrons. The second-order valence-electron chi connectivity index (χ2n) is 6.59. The molecule has 2 aliphatic carbocycles. The van der Waals surface area contributed by atoms with Crippen LogP contribution in [0.4, 0.5) is 0 Å². The minimum Gasteiger partial charge on any atom is -0.324 e. The predicted molar refractivity (Wildman–Crippen MR) is 75.5 cm³/mol. The van der Waals surface area contributed by atoms with E-state index in [1.54, 1.807) is 0 Å². The predicted octanol–water partition coefficient (Wildman–Crippen LogP) is 2.22. The fourth-order valence-electron chi connectivity index (χ4n) is 3.31. The van der Waals surface area contributed by atoms with E-state index in [2.05, 4.69) is 30.3 Å². The molecular formula is C14H24N2OS. The molecular weight excluding hydrogens is 244 g/mol. The Morgan fingerprint density at radius 2 is 2.06 bits per heavy atom. The average molecular weight is 268 g/mol. The second kappa shape index (κ2) is 4.14. The number of carbonyl (C=O) groups is 1. The maximum Gasteiger partial charge on any atom is 0.244 e. The molecule has 3 aliphatic rings. The fraction of sp³-hybridized carbons (Fsp3) is 0.929. The van der Waals surface area contributed by atoms with Crippen molar-refractivity contribution >= 4 is 17.7 Å². The summed E-state index contributed by atoms with van der Waals surface area (Å²) in [4.78, 5) is 14.8. The van der Waals surface area contributed by atoms with Gasteiger partial charge in [0.1, 0.15) is 0 Å². The Morgan fingerprint density at radius 1 is 1.39 bits per heavy atom. The Labute approximate surface area is 114 Å². The summed E-state index contributed by atoms with van der Waals surface area (Å²) in [6, 6.07) is 0. The number of carbonyl (C=O) groups excluding carboxylic acids is 1. The third-order valence-corrected chi connectivity index (χ3v) is 6.37. The summed E-state index contributed by atoms with van der Waals surface area (Å²) in [5, 5.41) is 3.60. The van der Waals surface area contributed by atoms with Crippen LogP contribution in [0.3, 0.4) is 0 Å². The normalized spacial score (nSPS) is 32.1. The standard InChI is InChI=1S/C14H24N2OS/c1-10(2)11-15-14(7-8-14)12(17)16(11)9-13(18-3)5-4-6-13/h10-11,15H,4-9H2,1-3H3. The van der Waals surface area contributed by atoms with Gasteiger partial charge in [-0.15, -0.1) is 0 Å². The minimum absolute atomic E-state index is 0.154. The molecule has 3 rings (SSSR count). The molecule has 1 aliphatic heterocycles. The molecule has 0 aromatic carbocycles. The van der Waals surface area contributed by atoms with Gasteiger partial charge in [-0.25, -0.2) is 0 Å². The highest BCUT2D eigenvalue weighted by molar-refractivity contribution is 8.00. The number of nitrogens with one attached hydrogen (secondary N) is 1. The number of hydrogen-bond acceptors (Lipinski definition) is 3. The van der Waals surface area contributed by atoms with Crippen LogP contribution < -0.4 is 5.32 Å². The first-order chi connectivity index (χ1) is 8.52. The Morgan fingerprint density at radius 3 is 2.44 bits per heavy atom. The summed E-state index contributed by atoms with van der Waals surface area (Å²) < 4.78 is 0.352. The van der Waals surface area contributed by atoms with Crippen molar-refractivity contribution in [1.82, 2.24) is 10.2 Å². The van der Waals surface area contributed by atoms with Crippen LogP contribution in [0.2, 0.25) is 0 Å². The van der Waals surface area contributed by atoms with Crippen molar-refractivity contribution in [2.45, 2.75) is 62.4 Å². The molecule has 1 N–H and O–H groups in total. The zero-order chi connectivity index (χ0) is 13.0. The van der Waals surface area contributed by atoms with E-state index in [1.165, 1.54) is 19.3 Å². The number of rotatable bonds is 4. The van der Waals surface area contributed by atoms with Gasteiger partial charge in [-0.05, 0) is 37.9 Å². The first-order valence-corrected chi connectivity index (χ1v) is 8.38. The Balaban J connectivity index is 1.77. The smallest absolute Gasteiger partial charge is 0.244 e. The molecule has 1 spiro atoms. The van der Waals surface area contributed by atoms with E-state index in [9.17, 15) is 4.79 Å². The van der Waals surface area contributed by atoms with Crippen molar-refractivity contribution in [2.75, 3.05) is 12.8 Å². The lowest BCUT2D eigenvalue weighted by Gasteiger charge is -2.44. The van der Waals surface area contributed by atoms with Gasteiger partial charge in [-0.2, -0.15) is 11.8 Å². The molecule has 1 heterocycles. The van der Waals surface area contributed by atoms with Crippen LogP contribution in [0.15, 0.2) is 0 Å². The summed E-state index contributed by atoms with van der Waals surface area (Å²) in [6.07, 6.45) is 8.41. The van der Waals surface area contributed by atoms with E-state index in [0.717, 1.165) is 19.4 Å². The van der Waals surface area contributed by atoms with E-state index < -0.39 is 0 Å². The van der Waals surface area contributed by atoms with Gasteiger partial charge in [-0.3, -0.25) is 10.1 Å². The topological polar surface area (TPSA) is 32.3 Å². The molecule has 3 fully saturated rings. The Bertz CT molecular complexity index is 355. The summed E-state index contributed by atoms with van der Waals surface area (Å²) in [5.74, 6) is 0.870. The lowest BCUT2D eigenvalue weighted by molar-refractivity contribution is -0.132. The average Bonchev–Trinajstić information content (AvgIpc) is 3.00. The second-order valence-corrected chi connectivity index (χ2v) is 7.86. The lowest BCUT2D eigenvalue weighted by Crippen LogP contribution is -2.51. The van der Waals surface area contributed by atoms with Gasteiger partial charge >= 0.3 is 0 Å². The summed E-state index contributed by atoms with van der Waals surface area (Å²) in [5.41, 5.74) is -0.154. The van der Waals surface area contributed by atoms with Gasteiger partial charge in [0.15, 0.2) is 0 Å². The quantitative estimate of drug-likeness (QED) is 0.848. The zero-order valence-electron chi connectivity index (χ0n) is 11.7. The van der Waals surface area contributed by atoms with E-state index in [-0.39, 0.29) is 11.7 Å². The highest BCUT2D eigenvalue weighted by atomic mass is 32.2. The molecule has 4 heteroatoms. The first kappa shape index (κ1) is 12.8. The van der Waals surface area contributed by atoms with Crippen LogP contribution in [0.5, 0.6) is 0 Å². The van der Waals surface area contributed by atoms with Crippen LogP contribution in [0.1, 0.15) is 46.0 Å². The molecule has 1 amide bonds. The highest BCUT2D eigenvalue weighted by Crippen LogP contribution is 2.48. The lowest BCUT2D eigenvalue weighted by atomic mass is 9.83. The maximum atomic E-state index is 12.6. The van der Waals surface area contributed by atoms with E-state index in [4.69, 9.17) is 0 Å². The highest BCUT2D eigenvalue weighted by Gasteiger charge is 2.60. The molecule has 0 aromatic rings. The molecule has 3 nitrogen and oxygen atoms in total. The summed E-state index contributed by atoms with van der Waals surface area (Å²) in [6.45, 7) is 5.38. The number of amides is 1. The maximum absolute atomic E-state index is 12.6. The van der Waals surface area contributed by atoms with Crippen LogP contribution >= 0.6 is 11.8 Å². The van der Waals surface area contributed by atoms with Gasteiger partial charge in [0, 0.05) is 11.3 Å². The van der Waals surface area contributed by atoms with Crippen molar-refractivity contribution < 1.29 is 4.79 Å². The zero-order valence-corrected chi connectivity index (χ0v) is 12.5. The van der Waals surface area contributed by atoms with E-state index in [0.29, 0.717) is 16.6 Å². The fourth-order valence-corrected chi connectivity index (χ4v) is 4.28. The third-order valence-electron chi connectivity index (χ3n) is 4.97. The van der Waals surface area contributed by atoms with Crippen molar-refractivity contribution in [1.29, 1.82) is 0 Å². The van der Waals surface area contributed by atoms with Gasteiger partial charge in [0.2, 0.25) is 5.91 Å². The Kier molecular flexibility index (Phi) is 2.94. The van der Waals surface area contributed by atoms with Crippen LogP contribution in [-0.2, 0) is 4.79 Å². The van der Waals surface area contributed by atoms with Crippen LogP contribution in [-0.4, -0.2) is 40.1 Å². The first-order valence-electron chi connectivity index (χ1n) is 7.16. The third kappa shape index (κ3) is 1.80. The summed E-state index contributed by atoms with van der Waals surface area (Å²) in [7, 11) is 0. The molecule has 18 heavy (non-hydrogen) atoms. The molecule has 0 radical (unpaired) electrons. The number of thioether (sulfide) groups is 1. The molecule has 1 atom stereocenters. The van der Waals surface area contributed by atoms with Gasteiger partial charge in [-0.1, -0.05) is 20.3 Å². The largest absolute Gasteiger partial charge is 0.324 e. The number of nitrogens with zero attached hydrogens (tertiary/aromatic N) is 1. The van der Waals surface area contributed by atoms with Crippen molar-refractivity contribution in [2.24, 2.45) is 5.92 Å². The van der Waals surface area contributed by atoms with Crippen LogP contribution in [0, 0.1) is 5.92 Å².